The van der Waals surface area contributed by atoms with Crippen LogP contribution < -0.4 is 15.4 Å². The highest BCUT2D eigenvalue weighted by Gasteiger charge is 2.28. The molecule has 0 radical (unpaired) electrons. The maximum atomic E-state index is 12.8. The van der Waals surface area contributed by atoms with E-state index in [0.717, 1.165) is 23.4 Å². The molecule has 2 N–H and O–H groups in total. The molecule has 1 saturated carbocycles. The number of fused-ring (bicyclic) bond motifs is 1. The van der Waals surface area contributed by atoms with Crippen molar-refractivity contribution in [3.8, 4) is 5.75 Å². The van der Waals surface area contributed by atoms with Crippen LogP contribution in [0.3, 0.4) is 0 Å². The van der Waals surface area contributed by atoms with Crippen LogP contribution in [0.4, 0.5) is 9.93 Å². The van der Waals surface area contributed by atoms with Crippen LogP contribution in [0.2, 0.25) is 0 Å². The molecule has 1 aliphatic heterocycles. The van der Waals surface area contributed by atoms with E-state index in [1.54, 1.807) is 11.8 Å². The van der Waals surface area contributed by atoms with Gasteiger partial charge >= 0.3 is 6.03 Å². The Labute approximate surface area is 174 Å². The number of carbonyl (C=O) groups excluding carboxylic acids is 2. The molecule has 7 nitrogen and oxygen atoms in total. The number of hydrogen-bond donors (Lipinski definition) is 2. The Morgan fingerprint density at radius 2 is 2.00 bits per heavy atom. The first-order valence-electron chi connectivity index (χ1n) is 10.1. The zero-order valence-corrected chi connectivity index (χ0v) is 17.3. The lowest BCUT2D eigenvalue weighted by Gasteiger charge is -2.28. The zero-order valence-electron chi connectivity index (χ0n) is 16.5. The van der Waals surface area contributed by atoms with Gasteiger partial charge in [0.05, 0.1) is 12.2 Å². The van der Waals surface area contributed by atoms with Crippen LogP contribution in [0.15, 0.2) is 30.3 Å². The maximum Gasteiger partial charge on any atom is 0.321 e. The lowest BCUT2D eigenvalue weighted by Crippen LogP contribution is -2.42. The van der Waals surface area contributed by atoms with Crippen LogP contribution in [0, 0.1) is 0 Å². The van der Waals surface area contributed by atoms with Gasteiger partial charge < -0.3 is 15.0 Å². The molecule has 29 heavy (non-hydrogen) atoms. The van der Waals surface area contributed by atoms with E-state index in [9.17, 15) is 9.59 Å². The topological polar surface area (TPSA) is 83.6 Å². The molecule has 4 rings (SSSR count). The highest BCUT2D eigenvalue weighted by atomic mass is 32.1. The summed E-state index contributed by atoms with van der Waals surface area (Å²) in [5, 5.41) is 6.45. The molecule has 1 aliphatic carbocycles. The summed E-state index contributed by atoms with van der Waals surface area (Å²) in [7, 11) is 0. The van der Waals surface area contributed by atoms with Crippen molar-refractivity contribution in [2.75, 3.05) is 11.9 Å². The van der Waals surface area contributed by atoms with Gasteiger partial charge in [-0.2, -0.15) is 0 Å². The first kappa shape index (κ1) is 19.7. The van der Waals surface area contributed by atoms with Crippen LogP contribution in [0.1, 0.15) is 43.2 Å². The van der Waals surface area contributed by atoms with Crippen molar-refractivity contribution in [2.24, 2.45) is 0 Å². The second-order valence-corrected chi connectivity index (χ2v) is 8.64. The molecular weight excluding hydrogens is 388 g/mol. The van der Waals surface area contributed by atoms with Crippen LogP contribution in [0.25, 0.3) is 0 Å². The summed E-state index contributed by atoms with van der Waals surface area (Å²) in [6.07, 6.45) is 4.56. The fraction of sp³-hybridized carbons (Fsp3) is 0.476. The number of urea groups is 1. The number of aromatic nitrogens is 1. The Morgan fingerprint density at radius 3 is 2.76 bits per heavy atom. The van der Waals surface area contributed by atoms with E-state index < -0.39 is 6.10 Å². The second-order valence-electron chi connectivity index (χ2n) is 7.55. The Kier molecular flexibility index (Phi) is 5.99. The third kappa shape index (κ3) is 4.87. The number of benzene rings is 1. The van der Waals surface area contributed by atoms with Crippen LogP contribution in [-0.2, 0) is 17.8 Å². The molecule has 1 aromatic heterocycles. The number of amides is 3. The minimum Gasteiger partial charge on any atom is -0.481 e. The monoisotopic (exact) mass is 414 g/mol. The molecule has 0 bridgehead atoms. The van der Waals surface area contributed by atoms with E-state index >= 15 is 0 Å². The number of rotatable bonds is 5. The summed E-state index contributed by atoms with van der Waals surface area (Å²) in [5.74, 6) is 0.644. The van der Waals surface area contributed by atoms with E-state index in [1.165, 1.54) is 24.2 Å². The molecule has 2 aromatic rings. The standard InChI is InChI=1S/C21H26N4O3S/c1-14(28-16-9-3-2-4-10-16)19(26)25-12-11-17-18(13-25)29-21(23-17)24-20(27)22-15-7-5-6-8-15/h2-4,9-10,14-15H,5-8,11-13H2,1H3,(H2,22,23,24,27). The molecule has 1 atom stereocenters. The number of anilines is 1. The summed E-state index contributed by atoms with van der Waals surface area (Å²) >= 11 is 1.44. The van der Waals surface area contributed by atoms with Crippen molar-refractivity contribution >= 4 is 28.4 Å². The molecule has 1 unspecified atom stereocenters. The molecule has 0 spiro atoms. The lowest BCUT2D eigenvalue weighted by molar-refractivity contribution is -0.138. The van der Waals surface area contributed by atoms with Crippen LogP contribution >= 0.6 is 11.3 Å². The number of ether oxygens (including phenoxy) is 1. The summed E-state index contributed by atoms with van der Waals surface area (Å²) < 4.78 is 5.77. The van der Waals surface area contributed by atoms with Crippen molar-refractivity contribution in [3.63, 3.8) is 0 Å². The molecule has 3 amide bonds. The lowest BCUT2D eigenvalue weighted by atomic mass is 10.1. The normalized spacial score (nSPS) is 17.5. The third-order valence-electron chi connectivity index (χ3n) is 5.36. The van der Waals surface area contributed by atoms with E-state index in [0.29, 0.717) is 30.4 Å². The summed E-state index contributed by atoms with van der Waals surface area (Å²) in [6, 6.07) is 9.44. The third-order valence-corrected chi connectivity index (χ3v) is 6.36. The first-order valence-corrected chi connectivity index (χ1v) is 11.0. The second kappa shape index (κ2) is 8.82. The van der Waals surface area contributed by atoms with E-state index in [2.05, 4.69) is 15.6 Å². The van der Waals surface area contributed by atoms with Gasteiger partial charge in [-0.15, -0.1) is 0 Å². The van der Waals surface area contributed by atoms with Gasteiger partial charge in [-0.25, -0.2) is 9.78 Å². The smallest absolute Gasteiger partial charge is 0.321 e. The van der Waals surface area contributed by atoms with Gasteiger partial charge in [-0.1, -0.05) is 42.4 Å². The van der Waals surface area contributed by atoms with Gasteiger partial charge in [0.15, 0.2) is 11.2 Å². The quantitative estimate of drug-likeness (QED) is 0.784. The van der Waals surface area contributed by atoms with Crippen molar-refractivity contribution in [1.29, 1.82) is 0 Å². The Balaban J connectivity index is 1.33. The molecule has 0 saturated heterocycles. The summed E-state index contributed by atoms with van der Waals surface area (Å²) in [6.45, 7) is 2.88. The van der Waals surface area contributed by atoms with Crippen molar-refractivity contribution in [3.05, 3.63) is 40.9 Å². The molecule has 2 aliphatic rings. The summed E-state index contributed by atoms with van der Waals surface area (Å²) in [4.78, 5) is 32.3. The Hall–Kier alpha value is -2.61. The molecule has 1 fully saturated rings. The Bertz CT molecular complexity index is 864. The summed E-state index contributed by atoms with van der Waals surface area (Å²) in [5.41, 5.74) is 0.965. The number of nitrogens with zero attached hydrogens (tertiary/aromatic N) is 2. The predicted molar refractivity (Wildman–Crippen MR) is 112 cm³/mol. The Morgan fingerprint density at radius 1 is 1.24 bits per heavy atom. The molecule has 8 heteroatoms. The fourth-order valence-corrected chi connectivity index (χ4v) is 4.86. The van der Waals surface area contributed by atoms with Gasteiger partial charge in [0.2, 0.25) is 0 Å². The number of thiazole rings is 1. The number of nitrogens with one attached hydrogen (secondary N) is 2. The highest BCUT2D eigenvalue weighted by Crippen LogP contribution is 2.29. The SMILES string of the molecule is CC(Oc1ccccc1)C(=O)N1CCc2nc(NC(=O)NC3CCCC3)sc2C1. The minimum absolute atomic E-state index is 0.0404. The van der Waals surface area contributed by atoms with E-state index in [4.69, 9.17) is 4.74 Å². The maximum absolute atomic E-state index is 12.8. The molecule has 2 heterocycles. The molecule has 1 aromatic carbocycles. The number of carbonyl (C=O) groups is 2. The van der Waals surface area contributed by atoms with Gasteiger partial charge in [-0.3, -0.25) is 10.1 Å². The number of para-hydroxylation sites is 1. The first-order chi connectivity index (χ1) is 14.1. The largest absolute Gasteiger partial charge is 0.481 e. The minimum atomic E-state index is -0.554. The predicted octanol–water partition coefficient (Wildman–Crippen LogP) is 3.56. The van der Waals surface area contributed by atoms with Crippen LogP contribution in [0.5, 0.6) is 5.75 Å². The van der Waals surface area contributed by atoms with Gasteiger partial charge in [0.1, 0.15) is 5.75 Å². The highest BCUT2D eigenvalue weighted by molar-refractivity contribution is 7.15. The number of hydrogen-bond acceptors (Lipinski definition) is 5. The molecular formula is C21H26N4O3S. The van der Waals surface area contributed by atoms with Crippen molar-refractivity contribution in [2.45, 2.75) is 57.7 Å². The molecule has 154 valence electrons. The van der Waals surface area contributed by atoms with Crippen LogP contribution in [-0.4, -0.2) is 40.5 Å². The zero-order chi connectivity index (χ0) is 20.2. The van der Waals surface area contributed by atoms with Gasteiger partial charge in [-0.05, 0) is 31.9 Å². The van der Waals surface area contributed by atoms with Gasteiger partial charge in [0.25, 0.3) is 5.91 Å². The van der Waals surface area contributed by atoms with E-state index in [-0.39, 0.29) is 18.0 Å². The fourth-order valence-electron chi connectivity index (χ4n) is 3.84. The van der Waals surface area contributed by atoms with Gasteiger partial charge in [0, 0.05) is 23.9 Å². The van der Waals surface area contributed by atoms with Crippen molar-refractivity contribution in [1.82, 2.24) is 15.2 Å². The average Bonchev–Trinajstić information content (AvgIpc) is 3.36. The average molecular weight is 415 g/mol. The van der Waals surface area contributed by atoms with Crippen molar-refractivity contribution < 1.29 is 14.3 Å². The van der Waals surface area contributed by atoms with E-state index in [1.807, 2.05) is 30.3 Å².